The average molecular weight is 250 g/mol. The molecule has 0 radical (unpaired) electrons. The summed E-state index contributed by atoms with van der Waals surface area (Å²) in [5.74, 6) is 0. The van der Waals surface area contributed by atoms with Crippen molar-refractivity contribution in [1.82, 2.24) is 9.97 Å². The van der Waals surface area contributed by atoms with Crippen molar-refractivity contribution in [3.8, 4) is 0 Å². The zero-order valence-electron chi connectivity index (χ0n) is 7.05. The number of nitrogens with one attached hydrogen (secondary N) is 1. The highest BCUT2D eigenvalue weighted by atomic mass is 35.5. The van der Waals surface area contributed by atoms with E-state index in [-0.39, 0.29) is 5.15 Å². The van der Waals surface area contributed by atoms with Crippen LogP contribution >= 0.6 is 34.8 Å². The van der Waals surface area contributed by atoms with Gasteiger partial charge in [-0.15, -0.1) is 0 Å². The van der Waals surface area contributed by atoms with Crippen molar-refractivity contribution in [1.29, 1.82) is 0 Å². The van der Waals surface area contributed by atoms with Crippen LogP contribution in [-0.2, 0) is 0 Å². The minimum atomic E-state index is 0.240. The smallest absolute Gasteiger partial charge is 0.149 e. The number of nitrogens with zero attached hydrogens (tertiary/aromatic N) is 1. The van der Waals surface area contributed by atoms with E-state index in [1.54, 1.807) is 6.07 Å². The Morgan fingerprint density at radius 3 is 2.07 bits per heavy atom. The summed E-state index contributed by atoms with van der Waals surface area (Å²) in [5, 5.41) is 0.974. The van der Waals surface area contributed by atoms with Gasteiger partial charge < -0.3 is 4.98 Å². The molecule has 0 amide bonds. The number of hydrogen-bond donors (Lipinski definition) is 1. The maximum atomic E-state index is 5.56. The molecule has 2 rings (SSSR count). The van der Waals surface area contributed by atoms with E-state index in [4.69, 9.17) is 34.8 Å². The largest absolute Gasteiger partial charge is 0.368 e. The fraction of sp³-hybridized carbons (Fsp3) is 0. The Morgan fingerprint density at radius 2 is 1.71 bits per heavy atom. The SMILES string of the molecule is Clc1ccnc(Cl)c1Cl.c1cc[nH]c1. The standard InChI is InChI=1S/C5H2Cl3N.C4H5N/c6-3-1-2-9-5(8)4(3)7;1-2-4-5-3-1/h1-2H;1-5H. The third-order valence-electron chi connectivity index (χ3n) is 1.30. The Bertz CT molecular complexity index is 336. The molecule has 0 atom stereocenters. The lowest BCUT2D eigenvalue weighted by Gasteiger charge is -1.93. The van der Waals surface area contributed by atoms with Crippen LogP contribution in [0.1, 0.15) is 0 Å². The first-order chi connectivity index (χ1) is 6.72. The van der Waals surface area contributed by atoms with Crippen molar-refractivity contribution in [2.24, 2.45) is 0 Å². The minimum Gasteiger partial charge on any atom is -0.368 e. The molecule has 0 aliphatic carbocycles. The van der Waals surface area contributed by atoms with Gasteiger partial charge in [0.1, 0.15) is 5.15 Å². The molecule has 0 bridgehead atoms. The first-order valence-electron chi connectivity index (χ1n) is 3.75. The normalized spacial score (nSPS) is 9.07. The topological polar surface area (TPSA) is 28.7 Å². The van der Waals surface area contributed by atoms with Crippen LogP contribution in [0.25, 0.3) is 0 Å². The maximum Gasteiger partial charge on any atom is 0.149 e. The zero-order valence-corrected chi connectivity index (χ0v) is 9.31. The molecule has 2 aromatic rings. The summed E-state index contributed by atoms with van der Waals surface area (Å²) < 4.78 is 0. The van der Waals surface area contributed by atoms with Gasteiger partial charge >= 0.3 is 0 Å². The Hall–Kier alpha value is -0.700. The highest BCUT2D eigenvalue weighted by molar-refractivity contribution is 6.47. The second-order valence-electron chi connectivity index (χ2n) is 2.28. The molecular formula is C9H7Cl3N2. The van der Waals surface area contributed by atoms with Crippen molar-refractivity contribution >= 4 is 34.8 Å². The average Bonchev–Trinajstić information content (AvgIpc) is 2.72. The summed E-state index contributed by atoms with van der Waals surface area (Å²) in [6.45, 7) is 0. The van der Waals surface area contributed by atoms with Gasteiger partial charge in [0, 0.05) is 18.6 Å². The number of rotatable bonds is 0. The van der Waals surface area contributed by atoms with Gasteiger partial charge in [-0.3, -0.25) is 0 Å². The van der Waals surface area contributed by atoms with E-state index in [2.05, 4.69) is 9.97 Å². The molecule has 14 heavy (non-hydrogen) atoms. The molecule has 74 valence electrons. The minimum absolute atomic E-state index is 0.240. The van der Waals surface area contributed by atoms with E-state index in [0.717, 1.165) is 0 Å². The van der Waals surface area contributed by atoms with Gasteiger partial charge in [0.2, 0.25) is 0 Å². The van der Waals surface area contributed by atoms with Crippen LogP contribution in [0.3, 0.4) is 0 Å². The molecule has 0 spiro atoms. The second-order valence-corrected chi connectivity index (χ2v) is 3.43. The van der Waals surface area contributed by atoms with Crippen molar-refractivity contribution in [2.75, 3.05) is 0 Å². The zero-order chi connectivity index (χ0) is 10.4. The highest BCUT2D eigenvalue weighted by Gasteiger charge is 2.00. The second kappa shape index (κ2) is 5.91. The number of aromatic nitrogens is 2. The van der Waals surface area contributed by atoms with Gasteiger partial charge in [-0.1, -0.05) is 34.8 Å². The summed E-state index contributed by atoms with van der Waals surface area (Å²) >= 11 is 16.6. The lowest BCUT2D eigenvalue weighted by Crippen LogP contribution is -1.74. The molecule has 0 fully saturated rings. The van der Waals surface area contributed by atoms with Crippen LogP contribution in [0.2, 0.25) is 15.2 Å². The summed E-state index contributed by atoms with van der Waals surface area (Å²) in [6.07, 6.45) is 5.25. The van der Waals surface area contributed by atoms with Crippen molar-refractivity contribution in [2.45, 2.75) is 0 Å². The molecule has 2 aromatic heterocycles. The molecule has 5 heteroatoms. The van der Waals surface area contributed by atoms with E-state index in [1.807, 2.05) is 24.5 Å². The van der Waals surface area contributed by atoms with Gasteiger partial charge in [-0.2, -0.15) is 0 Å². The van der Waals surface area contributed by atoms with Crippen molar-refractivity contribution in [3.05, 3.63) is 52.0 Å². The quantitative estimate of drug-likeness (QED) is 0.701. The van der Waals surface area contributed by atoms with E-state index in [0.29, 0.717) is 10.0 Å². The Balaban J connectivity index is 0.000000165. The molecule has 0 unspecified atom stereocenters. The van der Waals surface area contributed by atoms with Crippen LogP contribution < -0.4 is 0 Å². The number of hydrogen-bond acceptors (Lipinski definition) is 1. The van der Waals surface area contributed by atoms with Gasteiger partial charge in [0.15, 0.2) is 0 Å². The van der Waals surface area contributed by atoms with E-state index in [1.165, 1.54) is 6.20 Å². The van der Waals surface area contributed by atoms with Gasteiger partial charge in [-0.25, -0.2) is 4.98 Å². The maximum absolute atomic E-state index is 5.56. The fourth-order valence-corrected chi connectivity index (χ4v) is 1.14. The van der Waals surface area contributed by atoms with Crippen LogP contribution in [-0.4, -0.2) is 9.97 Å². The summed E-state index contributed by atoms with van der Waals surface area (Å²) in [4.78, 5) is 6.55. The lowest BCUT2D eigenvalue weighted by atomic mass is 10.5. The molecule has 0 aromatic carbocycles. The van der Waals surface area contributed by atoms with E-state index >= 15 is 0 Å². The van der Waals surface area contributed by atoms with Gasteiger partial charge in [0.05, 0.1) is 10.0 Å². The first kappa shape index (κ1) is 11.4. The molecule has 0 aliphatic rings. The van der Waals surface area contributed by atoms with Crippen molar-refractivity contribution in [3.63, 3.8) is 0 Å². The lowest BCUT2D eigenvalue weighted by molar-refractivity contribution is 1.33. The van der Waals surface area contributed by atoms with E-state index < -0.39 is 0 Å². The number of H-pyrrole nitrogens is 1. The van der Waals surface area contributed by atoms with Crippen LogP contribution in [0.4, 0.5) is 0 Å². The molecule has 0 aliphatic heterocycles. The first-order valence-corrected chi connectivity index (χ1v) is 4.88. The number of pyridine rings is 1. The number of halogens is 3. The Kier molecular flexibility index (Phi) is 4.80. The third-order valence-corrected chi connectivity index (χ3v) is 2.47. The highest BCUT2D eigenvalue weighted by Crippen LogP contribution is 2.26. The van der Waals surface area contributed by atoms with Gasteiger partial charge in [-0.05, 0) is 18.2 Å². The summed E-state index contributed by atoms with van der Waals surface area (Å²) in [6, 6.07) is 5.47. The molecule has 1 N–H and O–H groups in total. The Labute approximate surface area is 96.8 Å². The predicted molar refractivity (Wildman–Crippen MR) is 60.1 cm³/mol. The van der Waals surface area contributed by atoms with Crippen LogP contribution in [0.15, 0.2) is 36.8 Å². The van der Waals surface area contributed by atoms with Crippen LogP contribution in [0, 0.1) is 0 Å². The molecule has 0 saturated heterocycles. The predicted octanol–water partition coefficient (Wildman–Crippen LogP) is 4.06. The van der Waals surface area contributed by atoms with E-state index in [9.17, 15) is 0 Å². The molecule has 2 nitrogen and oxygen atoms in total. The summed E-state index contributed by atoms with van der Waals surface area (Å²) in [7, 11) is 0. The molecular weight excluding hydrogens is 242 g/mol. The monoisotopic (exact) mass is 248 g/mol. The van der Waals surface area contributed by atoms with Gasteiger partial charge in [0.25, 0.3) is 0 Å². The Morgan fingerprint density at radius 1 is 1.07 bits per heavy atom. The third kappa shape index (κ3) is 3.58. The molecule has 0 saturated carbocycles. The fourth-order valence-electron chi connectivity index (χ4n) is 0.674. The molecule has 2 heterocycles. The van der Waals surface area contributed by atoms with Crippen LogP contribution in [0.5, 0.6) is 0 Å². The number of aromatic amines is 1. The summed E-state index contributed by atoms with van der Waals surface area (Å²) in [5.41, 5.74) is 0. The van der Waals surface area contributed by atoms with Crippen molar-refractivity contribution < 1.29 is 0 Å².